The Morgan fingerprint density at radius 3 is 2.25 bits per heavy atom. The number of carbonyl (C=O) groups excluding carboxylic acids is 2. The number of alkyl halides is 3. The molecule has 0 spiro atoms. The minimum absolute atomic E-state index is 0.0166. The lowest BCUT2D eigenvalue weighted by Crippen LogP contribution is -2.53. The summed E-state index contributed by atoms with van der Waals surface area (Å²) in [5.74, 6) is -2.01. The molecule has 2 aliphatic rings. The molecule has 2 fully saturated rings. The molecule has 3 aromatic heterocycles. The number of aromatic amines is 1. The summed E-state index contributed by atoms with van der Waals surface area (Å²) in [4.78, 5) is 32.1. The Morgan fingerprint density at radius 1 is 1.02 bits per heavy atom. The number of pyridine rings is 1. The summed E-state index contributed by atoms with van der Waals surface area (Å²) < 4.78 is 56.8. The van der Waals surface area contributed by atoms with Crippen molar-refractivity contribution in [3.8, 4) is 11.1 Å². The average molecular weight is 676 g/mol. The number of H-pyrrole nitrogens is 1. The van der Waals surface area contributed by atoms with E-state index in [1.54, 1.807) is 13.0 Å². The summed E-state index contributed by atoms with van der Waals surface area (Å²) in [5.41, 5.74) is 2.11. The zero-order chi connectivity index (χ0) is 34.4. The Labute approximate surface area is 277 Å². The highest BCUT2D eigenvalue weighted by molar-refractivity contribution is 6.00. The second kappa shape index (κ2) is 16.1. The monoisotopic (exact) mass is 675 g/mol. The van der Waals surface area contributed by atoms with Crippen molar-refractivity contribution < 1.29 is 32.3 Å². The summed E-state index contributed by atoms with van der Waals surface area (Å²) in [7, 11) is 0. The van der Waals surface area contributed by atoms with Crippen LogP contribution in [-0.4, -0.2) is 66.6 Å². The normalized spacial score (nSPS) is 18.2. The summed E-state index contributed by atoms with van der Waals surface area (Å²) in [6.45, 7) is 2.93. The number of aromatic nitrogens is 5. The lowest BCUT2D eigenvalue weighted by molar-refractivity contribution is -0.121. The topological polar surface area (TPSA) is 138 Å². The van der Waals surface area contributed by atoms with Gasteiger partial charge in [0.2, 0.25) is 11.9 Å². The van der Waals surface area contributed by atoms with Gasteiger partial charge in [-0.3, -0.25) is 19.4 Å². The number of nitrogens with one attached hydrogen (secondary N) is 3. The number of rotatable bonds is 13. The van der Waals surface area contributed by atoms with E-state index in [1.165, 1.54) is 18.3 Å². The highest BCUT2D eigenvalue weighted by Crippen LogP contribution is 2.42. The van der Waals surface area contributed by atoms with Gasteiger partial charge in [0.25, 0.3) is 12.3 Å². The van der Waals surface area contributed by atoms with Crippen molar-refractivity contribution in [3.63, 3.8) is 0 Å². The third kappa shape index (κ3) is 8.07. The van der Waals surface area contributed by atoms with Gasteiger partial charge in [-0.15, -0.1) is 0 Å². The lowest BCUT2D eigenvalue weighted by Gasteiger charge is -2.41. The van der Waals surface area contributed by atoms with Crippen LogP contribution in [0.15, 0.2) is 24.4 Å². The number of carbonyl (C=O) groups is 2. The van der Waals surface area contributed by atoms with E-state index in [1.807, 2.05) is 6.92 Å². The van der Waals surface area contributed by atoms with Gasteiger partial charge >= 0.3 is 0 Å². The van der Waals surface area contributed by atoms with Crippen molar-refractivity contribution in [3.05, 3.63) is 47.4 Å². The maximum Gasteiger partial charge on any atom is 0.270 e. The number of aryl methyl sites for hydroxylation is 2. The van der Waals surface area contributed by atoms with Crippen LogP contribution in [0.1, 0.15) is 93.0 Å². The fourth-order valence-corrected chi connectivity index (χ4v) is 7.61. The number of aliphatic hydroxyl groups excluding tert-OH is 1. The van der Waals surface area contributed by atoms with E-state index in [9.17, 15) is 27.9 Å². The molecule has 0 aliphatic heterocycles. The lowest BCUT2D eigenvalue weighted by atomic mass is 9.66. The molecule has 2 aliphatic carbocycles. The Kier molecular flexibility index (Phi) is 11.9. The predicted octanol–water partition coefficient (Wildman–Crippen LogP) is 6.16. The standard InChI is InChI=1S/C34H45F4N7O3/c1-3-24-27(19(2)43-44-24)22-14-15-26(40-32(22)38)41-34(48)29(28(20-10-6-4-7-11-20)21-12-8-5-9-13-21)42-33(47)25-16-17-39-45(25)18-23(35)30(46)31(36)37/h14-17,20-21,23,28-31,46H,3-13,18H2,1-2H3,(H,42,47)(H,43,44)(H,40,41,48)/t23?,29-,30?/m0/s1. The summed E-state index contributed by atoms with van der Waals surface area (Å²) in [5, 5.41) is 26.2. The van der Waals surface area contributed by atoms with Gasteiger partial charge in [0.1, 0.15) is 23.7 Å². The molecule has 0 radical (unpaired) electrons. The molecule has 0 aromatic carbocycles. The molecule has 0 bridgehead atoms. The van der Waals surface area contributed by atoms with E-state index in [0.29, 0.717) is 23.4 Å². The first kappa shape index (κ1) is 35.5. The smallest absolute Gasteiger partial charge is 0.270 e. The second-order valence-electron chi connectivity index (χ2n) is 13.1. The highest BCUT2D eigenvalue weighted by Gasteiger charge is 2.42. The van der Waals surface area contributed by atoms with Crippen molar-refractivity contribution in [2.45, 2.75) is 116 Å². The molecule has 2 unspecified atom stereocenters. The Hall–Kier alpha value is -3.81. The van der Waals surface area contributed by atoms with Crippen LogP contribution in [0.2, 0.25) is 0 Å². The average Bonchev–Trinajstić information content (AvgIpc) is 3.71. The summed E-state index contributed by atoms with van der Waals surface area (Å²) in [6.07, 6.45) is 3.41. The molecule has 5 rings (SSSR count). The second-order valence-corrected chi connectivity index (χ2v) is 13.1. The van der Waals surface area contributed by atoms with Gasteiger partial charge in [0.15, 0.2) is 6.17 Å². The number of hydrogen-bond acceptors (Lipinski definition) is 6. The minimum Gasteiger partial charge on any atom is -0.384 e. The van der Waals surface area contributed by atoms with Crippen LogP contribution in [0.5, 0.6) is 0 Å². The fraction of sp³-hybridized carbons (Fsp3) is 0.618. The SMILES string of the molecule is CCc1n[nH]c(C)c1-c1ccc(NC(=O)[C@@H](NC(=O)c2ccnn2CC(F)C(O)C(F)F)C(C2CCCCC2)C2CCCCC2)nc1F. The fourth-order valence-electron chi connectivity index (χ4n) is 7.61. The number of nitrogens with zero attached hydrogens (tertiary/aromatic N) is 4. The molecule has 48 heavy (non-hydrogen) atoms. The number of aliphatic hydroxyl groups is 1. The van der Waals surface area contributed by atoms with E-state index in [-0.39, 0.29) is 34.8 Å². The molecule has 10 nitrogen and oxygen atoms in total. The first-order valence-corrected chi connectivity index (χ1v) is 17.0. The van der Waals surface area contributed by atoms with E-state index >= 15 is 4.39 Å². The van der Waals surface area contributed by atoms with E-state index < -0.39 is 49.0 Å². The van der Waals surface area contributed by atoms with Crippen LogP contribution in [-0.2, 0) is 17.8 Å². The molecular weight excluding hydrogens is 630 g/mol. The van der Waals surface area contributed by atoms with Gasteiger partial charge in [-0.2, -0.15) is 14.6 Å². The number of halogens is 4. The summed E-state index contributed by atoms with van der Waals surface area (Å²) in [6, 6.07) is 3.32. The zero-order valence-corrected chi connectivity index (χ0v) is 27.4. The largest absolute Gasteiger partial charge is 0.384 e. The predicted molar refractivity (Wildman–Crippen MR) is 172 cm³/mol. The number of anilines is 1. The van der Waals surface area contributed by atoms with Crippen LogP contribution >= 0.6 is 0 Å². The Morgan fingerprint density at radius 2 is 1.67 bits per heavy atom. The van der Waals surface area contributed by atoms with Gasteiger partial charge in [-0.05, 0) is 49.3 Å². The van der Waals surface area contributed by atoms with E-state index in [2.05, 4.69) is 30.9 Å². The molecule has 262 valence electrons. The quantitative estimate of drug-likeness (QED) is 0.127. The van der Waals surface area contributed by atoms with Crippen LogP contribution in [0.3, 0.4) is 0 Å². The van der Waals surface area contributed by atoms with Crippen LogP contribution < -0.4 is 10.6 Å². The molecule has 2 saturated carbocycles. The first-order chi connectivity index (χ1) is 23.1. The van der Waals surface area contributed by atoms with Gasteiger partial charge in [0, 0.05) is 23.0 Å². The maximum absolute atomic E-state index is 15.5. The molecule has 3 atom stereocenters. The van der Waals surface area contributed by atoms with Crippen LogP contribution in [0, 0.1) is 30.6 Å². The molecule has 0 saturated heterocycles. The minimum atomic E-state index is -3.31. The molecular formula is C34H45F4N7O3. The number of amides is 2. The third-order valence-electron chi connectivity index (χ3n) is 9.99. The van der Waals surface area contributed by atoms with Crippen molar-refractivity contribution in [2.75, 3.05) is 5.32 Å². The molecule has 2 amide bonds. The van der Waals surface area contributed by atoms with Crippen molar-refractivity contribution in [1.29, 1.82) is 0 Å². The Bertz CT molecular complexity index is 1520. The van der Waals surface area contributed by atoms with Crippen LogP contribution in [0.25, 0.3) is 11.1 Å². The van der Waals surface area contributed by atoms with E-state index in [0.717, 1.165) is 68.9 Å². The zero-order valence-electron chi connectivity index (χ0n) is 27.4. The maximum atomic E-state index is 15.5. The van der Waals surface area contributed by atoms with Gasteiger partial charge in [0.05, 0.1) is 12.2 Å². The van der Waals surface area contributed by atoms with Crippen molar-refractivity contribution >= 4 is 17.6 Å². The molecule has 3 aromatic rings. The van der Waals surface area contributed by atoms with Crippen molar-refractivity contribution in [1.82, 2.24) is 30.3 Å². The van der Waals surface area contributed by atoms with Gasteiger partial charge in [-0.1, -0.05) is 71.1 Å². The van der Waals surface area contributed by atoms with Gasteiger partial charge < -0.3 is 15.7 Å². The third-order valence-corrected chi connectivity index (χ3v) is 9.99. The highest BCUT2D eigenvalue weighted by atomic mass is 19.3. The Balaban J connectivity index is 1.45. The number of hydrogen-bond donors (Lipinski definition) is 4. The van der Waals surface area contributed by atoms with E-state index in [4.69, 9.17) is 0 Å². The van der Waals surface area contributed by atoms with Crippen molar-refractivity contribution in [2.24, 2.45) is 17.8 Å². The molecule has 4 N–H and O–H groups in total. The molecule has 3 heterocycles. The molecule has 14 heteroatoms. The van der Waals surface area contributed by atoms with Gasteiger partial charge in [-0.25, -0.2) is 18.2 Å². The summed E-state index contributed by atoms with van der Waals surface area (Å²) >= 11 is 0. The first-order valence-electron chi connectivity index (χ1n) is 17.0. The van der Waals surface area contributed by atoms with Crippen LogP contribution in [0.4, 0.5) is 23.4 Å².